The van der Waals surface area contributed by atoms with E-state index >= 15 is 0 Å². The maximum atomic E-state index is 12.9. The molecule has 0 unspecified atom stereocenters. The summed E-state index contributed by atoms with van der Waals surface area (Å²) in [6.45, 7) is 3.66. The molecule has 0 atom stereocenters. The molecule has 32 heavy (non-hydrogen) atoms. The summed E-state index contributed by atoms with van der Waals surface area (Å²) in [4.78, 5) is 14.8. The monoisotopic (exact) mass is 436 g/mol. The predicted octanol–water partition coefficient (Wildman–Crippen LogP) is 1.09. The smallest absolute Gasteiger partial charge is 0.337 e. The summed E-state index contributed by atoms with van der Waals surface area (Å²) in [5.41, 5.74) is 2.78. The minimum Gasteiger partial charge on any atom is -0.390 e. The van der Waals surface area contributed by atoms with E-state index in [1.54, 1.807) is 25.1 Å². The van der Waals surface area contributed by atoms with Gasteiger partial charge < -0.3 is 15.3 Å². The second kappa shape index (κ2) is 8.41. The number of pyridine rings is 1. The van der Waals surface area contributed by atoms with E-state index < -0.39 is 5.60 Å². The fourth-order valence-corrected chi connectivity index (χ4v) is 4.51. The molecule has 1 aromatic heterocycles. The number of rotatable bonds is 5. The van der Waals surface area contributed by atoms with Crippen LogP contribution in [0.15, 0.2) is 30.3 Å². The maximum absolute atomic E-state index is 12.9. The summed E-state index contributed by atoms with van der Waals surface area (Å²) in [5, 5.41) is 25.2. The number of hydrogen-bond donors (Lipinski definition) is 3. The van der Waals surface area contributed by atoms with E-state index in [2.05, 4.69) is 11.4 Å². The molecule has 2 aliphatic rings. The van der Waals surface area contributed by atoms with E-state index in [1.165, 1.54) is 0 Å². The molecule has 0 saturated heterocycles. The molecule has 1 saturated carbocycles. The van der Waals surface area contributed by atoms with Gasteiger partial charge in [0.1, 0.15) is 0 Å². The van der Waals surface area contributed by atoms with Crippen molar-refractivity contribution in [1.82, 2.24) is 4.67 Å². The van der Waals surface area contributed by atoms with Gasteiger partial charge in [0.15, 0.2) is 0 Å². The van der Waals surface area contributed by atoms with Gasteiger partial charge in [0.25, 0.3) is 0 Å². The van der Waals surface area contributed by atoms with Gasteiger partial charge >= 0.3 is 22.7 Å². The largest absolute Gasteiger partial charge is 0.390 e. The predicted molar refractivity (Wildman–Crippen MR) is 124 cm³/mol. The van der Waals surface area contributed by atoms with Crippen molar-refractivity contribution in [1.29, 1.82) is 0 Å². The second-order valence-corrected chi connectivity index (χ2v) is 9.53. The summed E-state index contributed by atoms with van der Waals surface area (Å²) in [5.74, 6) is 0.154. The Hall–Kier alpha value is -3.15. The summed E-state index contributed by atoms with van der Waals surface area (Å²) in [6, 6.07) is 9.00. The Morgan fingerprint density at radius 3 is 2.69 bits per heavy atom. The number of aryl methyl sites for hydroxylation is 1. The zero-order valence-corrected chi connectivity index (χ0v) is 19.2. The van der Waals surface area contributed by atoms with Gasteiger partial charge in [-0.2, -0.15) is 0 Å². The molecule has 7 nitrogen and oxygen atoms in total. The van der Waals surface area contributed by atoms with Crippen LogP contribution in [0.4, 0.5) is 11.4 Å². The second-order valence-electron chi connectivity index (χ2n) is 9.53. The van der Waals surface area contributed by atoms with Crippen LogP contribution in [0, 0.1) is 12.8 Å². The van der Waals surface area contributed by atoms with Gasteiger partial charge in [-0.1, -0.05) is 4.67 Å². The third-order valence-corrected chi connectivity index (χ3v) is 6.53. The Bertz CT molecular complexity index is 1220. The van der Waals surface area contributed by atoms with Crippen molar-refractivity contribution in [2.45, 2.75) is 51.6 Å². The molecule has 0 spiro atoms. The van der Waals surface area contributed by atoms with Crippen LogP contribution in [0.1, 0.15) is 55.2 Å². The van der Waals surface area contributed by atoms with E-state index in [0.717, 1.165) is 58.8 Å². The minimum absolute atomic E-state index is 0.171. The van der Waals surface area contributed by atoms with Crippen molar-refractivity contribution < 1.29 is 19.8 Å². The summed E-state index contributed by atoms with van der Waals surface area (Å²) in [7, 11) is 3.85. The number of carbonyl (C=O) groups excluding carboxylic acids is 1. The van der Waals surface area contributed by atoms with Gasteiger partial charge in [-0.05, 0) is 50.7 Å². The molecular formula is C25H32N4O3+2. The molecule has 1 aliphatic carbocycles. The normalized spacial score (nSPS) is 21.8. The first-order valence-corrected chi connectivity index (χ1v) is 11.2. The van der Waals surface area contributed by atoms with Crippen LogP contribution in [0.2, 0.25) is 0 Å². The summed E-state index contributed by atoms with van der Waals surface area (Å²) in [6.07, 6.45) is 6.69. The van der Waals surface area contributed by atoms with Gasteiger partial charge in [0.05, 0.1) is 34.7 Å². The average molecular weight is 437 g/mol. The Morgan fingerprint density at radius 2 is 2.00 bits per heavy atom. The Kier molecular flexibility index (Phi) is 5.80. The lowest BCUT2D eigenvalue weighted by Crippen LogP contribution is -2.42. The number of nitrogens with zero attached hydrogens (tertiary/aromatic N) is 3. The lowest BCUT2D eigenvalue weighted by atomic mass is 9.78. The zero-order chi connectivity index (χ0) is 23.0. The summed E-state index contributed by atoms with van der Waals surface area (Å²) < 4.78 is 5.74. The highest BCUT2D eigenvalue weighted by Gasteiger charge is 2.31. The Morgan fingerprint density at radius 1 is 1.28 bits per heavy atom. The Balaban J connectivity index is 1.59. The van der Waals surface area contributed by atoms with Gasteiger partial charge in [0, 0.05) is 44.0 Å². The van der Waals surface area contributed by atoms with Gasteiger partial charge in [0.2, 0.25) is 5.69 Å². The fraction of sp³-hybridized carbons (Fsp3) is 0.440. The van der Waals surface area contributed by atoms with Crippen LogP contribution in [-0.4, -0.2) is 41.6 Å². The molecule has 1 aromatic carbocycles. The zero-order valence-electron chi connectivity index (χ0n) is 19.2. The highest BCUT2D eigenvalue weighted by atomic mass is 16.5. The molecule has 2 aromatic rings. The number of anilines is 2. The molecule has 168 valence electrons. The lowest BCUT2D eigenvalue weighted by Gasteiger charge is -2.32. The third-order valence-electron chi connectivity index (χ3n) is 6.53. The van der Waals surface area contributed by atoms with Crippen molar-refractivity contribution in [3.63, 3.8) is 0 Å². The van der Waals surface area contributed by atoms with Gasteiger partial charge in [-0.15, -0.1) is 0 Å². The van der Waals surface area contributed by atoms with E-state index in [9.17, 15) is 15.1 Å². The first-order valence-electron chi connectivity index (χ1n) is 11.2. The number of carbonyl (C=O) groups is 1. The highest BCUT2D eigenvalue weighted by Crippen LogP contribution is 2.33. The number of amides is 1. The fourth-order valence-electron chi connectivity index (χ4n) is 4.51. The maximum Gasteiger partial charge on any atom is 0.337 e. The van der Waals surface area contributed by atoms with Crippen LogP contribution in [0.3, 0.4) is 0 Å². The summed E-state index contributed by atoms with van der Waals surface area (Å²) >= 11 is 0. The molecule has 3 N–H and O–H groups in total. The van der Waals surface area contributed by atoms with Crippen molar-refractivity contribution in [2.24, 2.45) is 5.92 Å². The number of fused-ring (bicyclic) bond motifs is 1. The topological polar surface area (TPSA) is 90.8 Å². The van der Waals surface area contributed by atoms with Crippen molar-refractivity contribution >= 4 is 29.1 Å². The number of aromatic nitrogens is 1. The molecule has 1 aliphatic heterocycles. The number of nitrogens with one attached hydrogen (secondary N) is 1. The molecule has 7 heteroatoms. The Labute approximate surface area is 188 Å². The average Bonchev–Trinajstić information content (AvgIpc) is 3.12. The van der Waals surface area contributed by atoms with Crippen LogP contribution in [0.5, 0.6) is 0 Å². The van der Waals surface area contributed by atoms with Crippen LogP contribution in [-0.2, 0) is 0 Å². The first kappa shape index (κ1) is 22.1. The third kappa shape index (κ3) is 4.54. The van der Waals surface area contributed by atoms with E-state index in [-0.39, 0.29) is 11.6 Å². The van der Waals surface area contributed by atoms with E-state index in [1.807, 2.05) is 38.1 Å². The minimum atomic E-state index is -0.529. The van der Waals surface area contributed by atoms with Gasteiger partial charge in [-0.3, -0.25) is 10.0 Å². The van der Waals surface area contributed by atoms with Crippen molar-refractivity contribution in [2.75, 3.05) is 24.3 Å². The molecule has 2 heterocycles. The van der Waals surface area contributed by atoms with Crippen molar-refractivity contribution in [3.8, 4) is 0 Å². The standard InChI is InChI=1S/C25H31N4O3/c1-16-6-5-7-22(29(16)32)24(30)27-21-14-18-13-19(26-20(18)15-23(21)28(3)4)12-17-8-10-25(2,31)11-9-17/h5-7,13-15,17,31H,8-12H2,1-4H3,(H,30,32)/q+1/p+1/t17-,25-. The highest BCUT2D eigenvalue weighted by molar-refractivity contribution is 6.10. The molecule has 1 fully saturated rings. The first-order chi connectivity index (χ1) is 15.1. The number of hydrogen-bond acceptors (Lipinski definition) is 4. The van der Waals surface area contributed by atoms with Gasteiger partial charge in [-0.25, -0.2) is 0 Å². The molecule has 1 amide bonds. The SMILES string of the molecule is Cc1cccc(C(=O)Nc2cc3c(cc2N(C)C)=[N+]=C(C[C@H]2CC[C@](C)(O)CC2)C=3)[n+]1O. The lowest BCUT2D eigenvalue weighted by molar-refractivity contribution is -0.909. The molecule has 0 radical (unpaired) electrons. The van der Waals surface area contributed by atoms with Crippen LogP contribution < -0.4 is 30.2 Å². The van der Waals surface area contributed by atoms with E-state index in [4.69, 9.17) is 4.67 Å². The van der Waals surface area contributed by atoms with E-state index in [0.29, 0.717) is 17.3 Å². The van der Waals surface area contributed by atoms with Crippen molar-refractivity contribution in [3.05, 3.63) is 52.3 Å². The van der Waals surface area contributed by atoms with Crippen LogP contribution in [0.25, 0.3) is 6.08 Å². The number of benzene rings is 1. The molecular weight excluding hydrogens is 404 g/mol. The van der Waals surface area contributed by atoms with Crippen LogP contribution >= 0.6 is 0 Å². The molecule has 0 bridgehead atoms. The number of aliphatic hydroxyl groups is 1. The quantitative estimate of drug-likeness (QED) is 0.372. The molecule has 4 rings (SSSR count).